The number of nitrogens with one attached hydrogen (secondary N) is 3. The Labute approximate surface area is 273 Å². The molecular formula is C36H38FN7O3. The highest BCUT2D eigenvalue weighted by Crippen LogP contribution is 2.30. The Bertz CT molecular complexity index is 1800. The molecule has 6 rings (SSSR count). The van der Waals surface area contributed by atoms with E-state index < -0.39 is 11.7 Å². The standard InChI is InChI=1S/C36H38FN7O3/c1-24-9-6-10-25(2)33(24)41-34(45)29-23-38-36(42-35(29)47-28-12-7-11-26(21-28)31-15-16-39-43-31)40-27-13-14-32(30(37)22-27)46-20-8-19-44-17-4-3-5-18-44/h6-7,9-16,21-23H,3-5,8,17-20H2,1-2H3,(H,39,43)(H,41,45)(H,38,40,42). The van der Waals surface area contributed by atoms with Crippen LogP contribution in [0.15, 0.2) is 79.1 Å². The third kappa shape index (κ3) is 8.11. The van der Waals surface area contributed by atoms with Crippen LogP contribution in [-0.2, 0) is 0 Å². The van der Waals surface area contributed by atoms with Crippen molar-refractivity contribution < 1.29 is 18.7 Å². The fourth-order valence-corrected chi connectivity index (χ4v) is 5.58. The minimum absolute atomic E-state index is 0.0274. The number of carbonyl (C=O) groups is 1. The summed E-state index contributed by atoms with van der Waals surface area (Å²) in [6.07, 6.45) is 7.74. The minimum atomic E-state index is -0.496. The van der Waals surface area contributed by atoms with Crippen molar-refractivity contribution >= 4 is 23.2 Å². The Morgan fingerprint density at radius 1 is 1.00 bits per heavy atom. The number of amides is 1. The lowest BCUT2D eigenvalue weighted by Gasteiger charge is -2.26. The molecule has 1 fully saturated rings. The average Bonchev–Trinajstić information content (AvgIpc) is 3.62. The van der Waals surface area contributed by atoms with Crippen molar-refractivity contribution in [2.45, 2.75) is 39.5 Å². The molecule has 3 aromatic carbocycles. The summed E-state index contributed by atoms with van der Waals surface area (Å²) >= 11 is 0. The normalized spacial score (nSPS) is 13.3. The van der Waals surface area contributed by atoms with Crippen LogP contribution in [0.4, 0.5) is 21.7 Å². The number of aromatic amines is 1. The van der Waals surface area contributed by atoms with E-state index in [1.807, 2.05) is 50.2 Å². The molecule has 2 aromatic heterocycles. The summed E-state index contributed by atoms with van der Waals surface area (Å²) in [5.74, 6) is -0.135. The molecule has 0 saturated carbocycles. The van der Waals surface area contributed by atoms with Crippen molar-refractivity contribution in [3.8, 4) is 28.6 Å². The predicted molar refractivity (Wildman–Crippen MR) is 180 cm³/mol. The van der Waals surface area contributed by atoms with Crippen LogP contribution >= 0.6 is 0 Å². The van der Waals surface area contributed by atoms with Gasteiger partial charge in [-0.3, -0.25) is 9.89 Å². The van der Waals surface area contributed by atoms with E-state index in [2.05, 4.69) is 35.7 Å². The molecule has 242 valence electrons. The quantitative estimate of drug-likeness (QED) is 0.120. The van der Waals surface area contributed by atoms with Crippen LogP contribution in [0.25, 0.3) is 11.3 Å². The van der Waals surface area contributed by atoms with Gasteiger partial charge in [-0.25, -0.2) is 9.37 Å². The summed E-state index contributed by atoms with van der Waals surface area (Å²) in [6, 6.07) is 19.5. The van der Waals surface area contributed by atoms with E-state index >= 15 is 0 Å². The number of rotatable bonds is 12. The minimum Gasteiger partial charge on any atom is -0.490 e. The Morgan fingerprint density at radius 3 is 2.57 bits per heavy atom. The second-order valence-electron chi connectivity index (χ2n) is 11.6. The zero-order valence-corrected chi connectivity index (χ0v) is 26.6. The fourth-order valence-electron chi connectivity index (χ4n) is 5.58. The third-order valence-electron chi connectivity index (χ3n) is 8.08. The van der Waals surface area contributed by atoms with E-state index in [1.54, 1.807) is 30.5 Å². The third-order valence-corrected chi connectivity index (χ3v) is 8.08. The molecular weight excluding hydrogens is 597 g/mol. The molecule has 0 radical (unpaired) electrons. The molecule has 1 amide bonds. The van der Waals surface area contributed by atoms with Gasteiger partial charge in [-0.15, -0.1) is 0 Å². The first-order chi connectivity index (χ1) is 22.9. The summed E-state index contributed by atoms with van der Waals surface area (Å²) in [4.78, 5) is 24.9. The highest BCUT2D eigenvalue weighted by Gasteiger charge is 2.20. The SMILES string of the molecule is Cc1cccc(C)c1NC(=O)c1cnc(Nc2ccc(OCCCN3CCCCC3)c(F)c2)nc1Oc1cccc(-c2cc[nH]n2)c1. The number of carbonyl (C=O) groups excluding carboxylic acids is 1. The van der Waals surface area contributed by atoms with Crippen LogP contribution in [0.1, 0.15) is 47.2 Å². The van der Waals surface area contributed by atoms with E-state index in [1.165, 1.54) is 31.5 Å². The van der Waals surface area contributed by atoms with E-state index in [9.17, 15) is 9.18 Å². The van der Waals surface area contributed by atoms with Crippen molar-refractivity contribution in [3.63, 3.8) is 0 Å². The van der Waals surface area contributed by atoms with Gasteiger partial charge in [0.15, 0.2) is 11.6 Å². The Morgan fingerprint density at radius 2 is 1.81 bits per heavy atom. The second-order valence-corrected chi connectivity index (χ2v) is 11.6. The number of H-pyrrole nitrogens is 1. The molecule has 0 atom stereocenters. The maximum Gasteiger partial charge on any atom is 0.262 e. The van der Waals surface area contributed by atoms with Gasteiger partial charge >= 0.3 is 0 Å². The number of aromatic nitrogens is 4. The van der Waals surface area contributed by atoms with Crippen LogP contribution in [0, 0.1) is 19.7 Å². The van der Waals surface area contributed by atoms with Gasteiger partial charge in [0.05, 0.1) is 12.3 Å². The zero-order chi connectivity index (χ0) is 32.6. The molecule has 0 aliphatic carbocycles. The lowest BCUT2D eigenvalue weighted by atomic mass is 10.1. The first-order valence-electron chi connectivity index (χ1n) is 15.9. The van der Waals surface area contributed by atoms with Crippen molar-refractivity contribution in [1.82, 2.24) is 25.1 Å². The van der Waals surface area contributed by atoms with E-state index in [4.69, 9.17) is 9.47 Å². The summed E-state index contributed by atoms with van der Waals surface area (Å²) in [7, 11) is 0. The van der Waals surface area contributed by atoms with Gasteiger partial charge in [-0.1, -0.05) is 36.8 Å². The molecule has 3 heterocycles. The second kappa shape index (κ2) is 14.9. The number of anilines is 3. The van der Waals surface area contributed by atoms with Gasteiger partial charge in [0.2, 0.25) is 11.8 Å². The summed E-state index contributed by atoms with van der Waals surface area (Å²) in [5, 5.41) is 13.0. The molecule has 1 aliphatic rings. The number of ether oxygens (including phenoxy) is 2. The maximum absolute atomic E-state index is 15.0. The Hall–Kier alpha value is -5.29. The van der Waals surface area contributed by atoms with Crippen molar-refractivity contribution in [1.29, 1.82) is 0 Å². The van der Waals surface area contributed by atoms with Crippen LogP contribution in [-0.4, -0.2) is 57.2 Å². The molecule has 47 heavy (non-hydrogen) atoms. The predicted octanol–water partition coefficient (Wildman–Crippen LogP) is 7.67. The largest absolute Gasteiger partial charge is 0.490 e. The smallest absolute Gasteiger partial charge is 0.262 e. The number of likely N-dealkylation sites (tertiary alicyclic amines) is 1. The van der Waals surface area contributed by atoms with Crippen LogP contribution < -0.4 is 20.1 Å². The van der Waals surface area contributed by atoms with Gasteiger partial charge in [0, 0.05) is 41.9 Å². The molecule has 10 nitrogen and oxygen atoms in total. The number of para-hydroxylation sites is 1. The first kappa shape index (κ1) is 31.7. The fraction of sp³-hybridized carbons (Fsp3) is 0.278. The summed E-state index contributed by atoms with van der Waals surface area (Å²) < 4.78 is 26.9. The van der Waals surface area contributed by atoms with Crippen molar-refractivity contribution in [2.75, 3.05) is 36.9 Å². The molecule has 11 heteroatoms. The average molecular weight is 636 g/mol. The molecule has 0 unspecified atom stereocenters. The van der Waals surface area contributed by atoms with Crippen molar-refractivity contribution in [2.24, 2.45) is 0 Å². The topological polar surface area (TPSA) is 117 Å². The Balaban J connectivity index is 1.20. The number of benzene rings is 3. The molecule has 5 aromatic rings. The van der Waals surface area contributed by atoms with E-state index in [0.29, 0.717) is 23.7 Å². The molecule has 3 N–H and O–H groups in total. The van der Waals surface area contributed by atoms with Gasteiger partial charge < -0.3 is 25.0 Å². The van der Waals surface area contributed by atoms with Crippen LogP contribution in [0.2, 0.25) is 0 Å². The first-order valence-corrected chi connectivity index (χ1v) is 15.9. The van der Waals surface area contributed by atoms with E-state index in [-0.39, 0.29) is 23.1 Å². The number of aryl methyl sites for hydroxylation is 2. The Kier molecular flexibility index (Phi) is 10.0. The van der Waals surface area contributed by atoms with Gasteiger partial charge in [0.25, 0.3) is 5.91 Å². The molecule has 1 saturated heterocycles. The monoisotopic (exact) mass is 635 g/mol. The van der Waals surface area contributed by atoms with Gasteiger partial charge in [-0.2, -0.15) is 10.1 Å². The van der Waals surface area contributed by atoms with Crippen molar-refractivity contribution in [3.05, 3.63) is 102 Å². The number of hydrogen-bond acceptors (Lipinski definition) is 8. The molecule has 0 bridgehead atoms. The van der Waals surface area contributed by atoms with Gasteiger partial charge in [-0.05, 0) is 87.7 Å². The van der Waals surface area contributed by atoms with Gasteiger partial charge in [0.1, 0.15) is 11.3 Å². The number of halogens is 1. The van der Waals surface area contributed by atoms with E-state index in [0.717, 1.165) is 48.4 Å². The van der Waals surface area contributed by atoms with Crippen LogP contribution in [0.3, 0.4) is 0 Å². The lowest BCUT2D eigenvalue weighted by Crippen LogP contribution is -2.31. The van der Waals surface area contributed by atoms with Crippen LogP contribution in [0.5, 0.6) is 17.4 Å². The lowest BCUT2D eigenvalue weighted by molar-refractivity contribution is 0.102. The highest BCUT2D eigenvalue weighted by molar-refractivity contribution is 6.06. The number of hydrogen-bond donors (Lipinski definition) is 3. The summed E-state index contributed by atoms with van der Waals surface area (Å²) in [5.41, 5.74) is 4.65. The maximum atomic E-state index is 15.0. The summed E-state index contributed by atoms with van der Waals surface area (Å²) in [6.45, 7) is 7.49. The molecule has 0 spiro atoms. The number of nitrogens with zero attached hydrogens (tertiary/aromatic N) is 4. The molecule has 1 aliphatic heterocycles. The highest BCUT2D eigenvalue weighted by atomic mass is 19.1. The number of piperidine rings is 1. The zero-order valence-electron chi connectivity index (χ0n) is 26.6.